The van der Waals surface area contributed by atoms with Gasteiger partial charge in [0, 0.05) is 31.0 Å². The fourth-order valence-corrected chi connectivity index (χ4v) is 5.95. The van der Waals surface area contributed by atoms with Gasteiger partial charge in [-0.05, 0) is 61.4 Å². The first-order chi connectivity index (χ1) is 14.8. The SMILES string of the molecule is CS(=O)(=O)c1ccc(S(=O)(=O)N2CCC(C(=O)Nc3ccc(S(N)(=O)=O)cc3)CC2)cc1. The van der Waals surface area contributed by atoms with Crippen molar-refractivity contribution in [2.45, 2.75) is 27.5 Å². The van der Waals surface area contributed by atoms with E-state index in [-0.39, 0.29) is 33.7 Å². The Morgan fingerprint density at radius 2 is 1.31 bits per heavy atom. The summed E-state index contributed by atoms with van der Waals surface area (Å²) >= 11 is 0. The Morgan fingerprint density at radius 1 is 0.844 bits per heavy atom. The monoisotopic (exact) mass is 501 g/mol. The highest BCUT2D eigenvalue weighted by atomic mass is 32.2. The van der Waals surface area contributed by atoms with E-state index in [9.17, 15) is 30.0 Å². The van der Waals surface area contributed by atoms with Crippen molar-refractivity contribution in [3.05, 3.63) is 48.5 Å². The highest BCUT2D eigenvalue weighted by Crippen LogP contribution is 2.26. The van der Waals surface area contributed by atoms with Crippen molar-refractivity contribution >= 4 is 41.5 Å². The number of nitrogens with one attached hydrogen (secondary N) is 1. The fourth-order valence-electron chi connectivity index (χ4n) is 3.34. The zero-order valence-corrected chi connectivity index (χ0v) is 19.6. The van der Waals surface area contributed by atoms with Crippen molar-refractivity contribution in [2.24, 2.45) is 11.1 Å². The van der Waals surface area contributed by atoms with E-state index in [1.54, 1.807) is 0 Å². The summed E-state index contributed by atoms with van der Waals surface area (Å²) < 4.78 is 72.7. The first-order valence-corrected chi connectivity index (χ1v) is 14.4. The molecule has 1 saturated heterocycles. The number of sulfone groups is 1. The van der Waals surface area contributed by atoms with Gasteiger partial charge < -0.3 is 5.32 Å². The molecule has 0 unspecified atom stereocenters. The summed E-state index contributed by atoms with van der Waals surface area (Å²) in [5, 5.41) is 7.74. The Hall–Kier alpha value is -2.32. The van der Waals surface area contributed by atoms with Crippen LogP contribution in [0.3, 0.4) is 0 Å². The molecule has 32 heavy (non-hydrogen) atoms. The molecule has 0 radical (unpaired) electrons. The van der Waals surface area contributed by atoms with Crippen LogP contribution in [-0.2, 0) is 34.7 Å². The highest BCUT2D eigenvalue weighted by molar-refractivity contribution is 7.90. The molecule has 0 bridgehead atoms. The highest BCUT2D eigenvalue weighted by Gasteiger charge is 2.32. The molecule has 1 aliphatic rings. The van der Waals surface area contributed by atoms with E-state index in [0.29, 0.717) is 18.5 Å². The van der Waals surface area contributed by atoms with Crippen LogP contribution in [-0.4, -0.2) is 54.8 Å². The second-order valence-corrected chi connectivity index (χ2v) is 13.0. The number of carbonyl (C=O) groups excluding carboxylic acids is 1. The molecule has 1 fully saturated rings. The number of hydrogen-bond acceptors (Lipinski definition) is 7. The number of amides is 1. The Labute approximate surface area is 187 Å². The van der Waals surface area contributed by atoms with Gasteiger partial charge in [0.25, 0.3) is 0 Å². The van der Waals surface area contributed by atoms with E-state index in [1.807, 2.05) is 0 Å². The number of nitrogens with two attached hydrogens (primary N) is 1. The van der Waals surface area contributed by atoms with Crippen molar-refractivity contribution in [3.8, 4) is 0 Å². The normalized spacial score (nSPS) is 16.6. The van der Waals surface area contributed by atoms with Crippen molar-refractivity contribution in [1.29, 1.82) is 0 Å². The number of nitrogens with zero attached hydrogens (tertiary/aromatic N) is 1. The average Bonchev–Trinajstić information content (AvgIpc) is 2.73. The molecule has 2 aromatic carbocycles. The van der Waals surface area contributed by atoms with E-state index < -0.39 is 35.8 Å². The minimum Gasteiger partial charge on any atom is -0.326 e. The number of sulfonamides is 2. The first-order valence-electron chi connectivity index (χ1n) is 9.52. The van der Waals surface area contributed by atoms with Crippen LogP contribution in [0, 0.1) is 5.92 Å². The van der Waals surface area contributed by atoms with E-state index in [1.165, 1.54) is 52.8 Å². The topological polar surface area (TPSA) is 161 Å². The number of rotatable bonds is 6. The van der Waals surface area contributed by atoms with Crippen LogP contribution in [0.5, 0.6) is 0 Å². The lowest BCUT2D eigenvalue weighted by Crippen LogP contribution is -2.41. The van der Waals surface area contributed by atoms with Crippen LogP contribution in [0.2, 0.25) is 0 Å². The molecule has 0 aromatic heterocycles. The van der Waals surface area contributed by atoms with Crippen LogP contribution in [0.15, 0.2) is 63.2 Å². The van der Waals surface area contributed by atoms with Crippen LogP contribution in [0.1, 0.15) is 12.8 Å². The van der Waals surface area contributed by atoms with Gasteiger partial charge >= 0.3 is 0 Å². The molecule has 3 N–H and O–H groups in total. The number of primary sulfonamides is 1. The van der Waals surface area contributed by atoms with Gasteiger partial charge in [-0.25, -0.2) is 30.4 Å². The maximum Gasteiger partial charge on any atom is 0.243 e. The average molecular weight is 502 g/mol. The van der Waals surface area contributed by atoms with E-state index in [2.05, 4.69) is 5.32 Å². The molecule has 13 heteroatoms. The minimum absolute atomic E-state index is 0.0113. The second kappa shape index (κ2) is 8.90. The third-order valence-electron chi connectivity index (χ3n) is 5.16. The molecule has 1 heterocycles. The van der Waals surface area contributed by atoms with E-state index in [4.69, 9.17) is 5.14 Å². The molecule has 3 rings (SSSR count). The molecule has 10 nitrogen and oxygen atoms in total. The molecular formula is C19H23N3O7S3. The first kappa shape index (κ1) is 24.3. The molecule has 0 aliphatic carbocycles. The second-order valence-electron chi connectivity index (χ2n) is 7.48. The van der Waals surface area contributed by atoms with Crippen LogP contribution >= 0.6 is 0 Å². The standard InChI is InChI=1S/C19H23N3O7S3/c1-30(24,25)16-6-8-18(9-7-16)32(28,29)22-12-10-14(11-13-22)19(23)21-15-2-4-17(5-3-15)31(20,26)27/h2-9,14H,10-13H2,1H3,(H,21,23)(H2,20,26,27). The summed E-state index contributed by atoms with van der Waals surface area (Å²) in [6, 6.07) is 10.5. The van der Waals surface area contributed by atoms with Gasteiger partial charge in [0.15, 0.2) is 9.84 Å². The van der Waals surface area contributed by atoms with Gasteiger partial charge in [0.05, 0.1) is 14.7 Å². The minimum atomic E-state index is -3.83. The largest absolute Gasteiger partial charge is 0.326 e. The molecule has 1 aliphatic heterocycles. The maximum absolute atomic E-state index is 12.8. The zero-order valence-electron chi connectivity index (χ0n) is 17.1. The molecule has 0 atom stereocenters. The number of piperidine rings is 1. The van der Waals surface area contributed by atoms with Gasteiger partial charge in [-0.2, -0.15) is 4.31 Å². The third kappa shape index (κ3) is 5.53. The fraction of sp³-hybridized carbons (Fsp3) is 0.316. The summed E-state index contributed by atoms with van der Waals surface area (Å²) in [6.45, 7) is 0.275. The van der Waals surface area contributed by atoms with E-state index in [0.717, 1.165) is 6.26 Å². The van der Waals surface area contributed by atoms with Crippen molar-refractivity contribution in [3.63, 3.8) is 0 Å². The number of anilines is 1. The molecular weight excluding hydrogens is 478 g/mol. The summed E-state index contributed by atoms with van der Waals surface area (Å²) in [6.07, 6.45) is 1.66. The Kier molecular flexibility index (Phi) is 6.77. The summed E-state index contributed by atoms with van der Waals surface area (Å²) in [5.41, 5.74) is 0.406. The van der Waals surface area contributed by atoms with Gasteiger partial charge in [-0.15, -0.1) is 0 Å². The van der Waals surface area contributed by atoms with E-state index >= 15 is 0 Å². The van der Waals surface area contributed by atoms with Crippen molar-refractivity contribution in [2.75, 3.05) is 24.7 Å². The van der Waals surface area contributed by atoms with Crippen LogP contribution in [0.4, 0.5) is 5.69 Å². The van der Waals surface area contributed by atoms with Crippen LogP contribution < -0.4 is 10.5 Å². The Morgan fingerprint density at radius 3 is 1.78 bits per heavy atom. The smallest absolute Gasteiger partial charge is 0.243 e. The van der Waals surface area contributed by atoms with Gasteiger partial charge in [-0.1, -0.05) is 0 Å². The lowest BCUT2D eigenvalue weighted by atomic mass is 9.97. The lowest BCUT2D eigenvalue weighted by molar-refractivity contribution is -0.120. The molecule has 2 aromatic rings. The molecule has 174 valence electrons. The third-order valence-corrected chi connectivity index (χ3v) is 9.14. The molecule has 0 spiro atoms. The molecule has 0 saturated carbocycles. The quantitative estimate of drug-likeness (QED) is 0.591. The number of carbonyl (C=O) groups is 1. The van der Waals surface area contributed by atoms with Crippen LogP contribution in [0.25, 0.3) is 0 Å². The van der Waals surface area contributed by atoms with Gasteiger partial charge in [0.1, 0.15) is 0 Å². The summed E-state index contributed by atoms with van der Waals surface area (Å²) in [7, 11) is -11.1. The predicted octanol–water partition coefficient (Wildman–Crippen LogP) is 0.777. The van der Waals surface area contributed by atoms with Gasteiger partial charge in [0.2, 0.25) is 26.0 Å². The Bertz CT molecular complexity index is 1310. The number of benzene rings is 2. The zero-order chi connectivity index (χ0) is 23.7. The molecule has 1 amide bonds. The number of hydrogen-bond donors (Lipinski definition) is 2. The van der Waals surface area contributed by atoms with Crippen molar-refractivity contribution < 1.29 is 30.0 Å². The van der Waals surface area contributed by atoms with Crippen molar-refractivity contribution in [1.82, 2.24) is 4.31 Å². The summed E-state index contributed by atoms with van der Waals surface area (Å²) in [4.78, 5) is 12.5. The van der Waals surface area contributed by atoms with Gasteiger partial charge in [-0.3, -0.25) is 4.79 Å². The predicted molar refractivity (Wildman–Crippen MR) is 117 cm³/mol. The lowest BCUT2D eigenvalue weighted by Gasteiger charge is -2.30. The summed E-state index contributed by atoms with van der Waals surface area (Å²) in [5.74, 6) is -0.699. The Balaban J connectivity index is 1.62. The maximum atomic E-state index is 12.8.